The highest BCUT2D eigenvalue weighted by Crippen LogP contribution is 2.30. The first-order valence-electron chi connectivity index (χ1n) is 6.32. The first-order valence-corrected chi connectivity index (χ1v) is 6.85. The Bertz CT molecular complexity index is 659. The van der Waals surface area contributed by atoms with Crippen LogP contribution in [-0.2, 0) is 11.2 Å². The molecule has 0 radical (unpaired) electrons. The molecule has 2 N–H and O–H groups in total. The van der Waals surface area contributed by atoms with Gasteiger partial charge in [0.05, 0.1) is 5.69 Å². The molecular formula is C14H13ClN4O. The minimum absolute atomic E-state index is 0.0585. The molecule has 0 saturated heterocycles. The Morgan fingerprint density at radius 3 is 3.15 bits per heavy atom. The number of hydrogen-bond acceptors (Lipinski definition) is 4. The van der Waals surface area contributed by atoms with Crippen molar-refractivity contribution in [3.8, 4) is 11.3 Å². The van der Waals surface area contributed by atoms with Crippen molar-refractivity contribution in [1.29, 1.82) is 0 Å². The lowest BCUT2D eigenvalue weighted by Crippen LogP contribution is -2.12. The lowest BCUT2D eigenvalue weighted by molar-refractivity contribution is -0.113. The molecule has 6 heteroatoms. The summed E-state index contributed by atoms with van der Waals surface area (Å²) in [7, 11) is 0. The lowest BCUT2D eigenvalue weighted by Gasteiger charge is -2.08. The number of anilines is 2. The molecule has 3 rings (SSSR count). The van der Waals surface area contributed by atoms with Crippen LogP contribution in [0, 0.1) is 0 Å². The topological polar surface area (TPSA) is 66.9 Å². The summed E-state index contributed by atoms with van der Waals surface area (Å²) in [4.78, 5) is 19.9. The number of hydrogen-bond donors (Lipinski definition) is 2. The van der Waals surface area contributed by atoms with Crippen LogP contribution in [-0.4, -0.2) is 28.3 Å². The molecule has 0 spiro atoms. The highest BCUT2D eigenvalue weighted by Gasteiger charge is 2.17. The lowest BCUT2D eigenvalue weighted by atomic mass is 10.0. The molecule has 0 atom stereocenters. The molecule has 0 unspecified atom stereocenters. The molecule has 0 aliphatic carbocycles. The highest BCUT2D eigenvalue weighted by molar-refractivity contribution is 6.29. The van der Waals surface area contributed by atoms with Gasteiger partial charge < -0.3 is 10.6 Å². The van der Waals surface area contributed by atoms with E-state index in [2.05, 4.69) is 20.6 Å². The van der Waals surface area contributed by atoms with Gasteiger partial charge in [0.1, 0.15) is 18.0 Å². The monoisotopic (exact) mass is 288 g/mol. The van der Waals surface area contributed by atoms with Crippen LogP contribution in [0.5, 0.6) is 0 Å². The van der Waals surface area contributed by atoms with E-state index in [4.69, 9.17) is 11.6 Å². The van der Waals surface area contributed by atoms with Crippen LogP contribution in [0.2, 0.25) is 0 Å². The van der Waals surface area contributed by atoms with Crippen LogP contribution in [0.15, 0.2) is 30.6 Å². The summed E-state index contributed by atoms with van der Waals surface area (Å²) >= 11 is 5.49. The summed E-state index contributed by atoms with van der Waals surface area (Å²) in [6, 6.07) is 7.58. The predicted molar refractivity (Wildman–Crippen MR) is 79.0 cm³/mol. The number of nitrogens with zero attached hydrogens (tertiary/aromatic N) is 2. The minimum atomic E-state index is -0.224. The number of carbonyl (C=O) groups is 1. The number of amides is 1. The van der Waals surface area contributed by atoms with Gasteiger partial charge >= 0.3 is 0 Å². The third kappa shape index (κ3) is 2.44. The molecule has 5 nitrogen and oxygen atoms in total. The van der Waals surface area contributed by atoms with E-state index >= 15 is 0 Å². The molecule has 1 aliphatic rings. The van der Waals surface area contributed by atoms with E-state index in [-0.39, 0.29) is 11.8 Å². The first kappa shape index (κ1) is 12.9. The number of alkyl halides is 1. The molecule has 1 aromatic carbocycles. The van der Waals surface area contributed by atoms with E-state index in [0.717, 1.165) is 35.6 Å². The Labute approximate surface area is 121 Å². The first-order chi connectivity index (χ1) is 9.78. The second-order valence-corrected chi connectivity index (χ2v) is 4.76. The zero-order valence-electron chi connectivity index (χ0n) is 10.7. The van der Waals surface area contributed by atoms with Gasteiger partial charge in [-0.25, -0.2) is 9.97 Å². The van der Waals surface area contributed by atoms with Crippen molar-refractivity contribution >= 4 is 29.0 Å². The van der Waals surface area contributed by atoms with Crippen molar-refractivity contribution in [2.75, 3.05) is 23.1 Å². The number of aromatic nitrogens is 2. The quantitative estimate of drug-likeness (QED) is 0.851. The van der Waals surface area contributed by atoms with E-state index in [1.54, 1.807) is 6.33 Å². The van der Waals surface area contributed by atoms with Gasteiger partial charge in [-0.15, -0.1) is 11.6 Å². The molecule has 1 aromatic heterocycles. The van der Waals surface area contributed by atoms with E-state index in [9.17, 15) is 4.79 Å². The SMILES string of the molecule is O=C(CCl)Nc1cccc(-c2ncnc3c2CCN3)c1. The summed E-state index contributed by atoms with van der Waals surface area (Å²) in [5, 5.41) is 5.97. The Morgan fingerprint density at radius 1 is 1.40 bits per heavy atom. The van der Waals surface area contributed by atoms with Crippen molar-refractivity contribution in [2.24, 2.45) is 0 Å². The molecule has 2 heterocycles. The van der Waals surface area contributed by atoms with Crippen LogP contribution < -0.4 is 10.6 Å². The maximum atomic E-state index is 11.3. The number of nitrogens with one attached hydrogen (secondary N) is 2. The average molecular weight is 289 g/mol. The van der Waals surface area contributed by atoms with E-state index in [0.29, 0.717) is 5.69 Å². The van der Waals surface area contributed by atoms with Crippen LogP contribution in [0.3, 0.4) is 0 Å². The van der Waals surface area contributed by atoms with Gasteiger partial charge in [-0.3, -0.25) is 4.79 Å². The number of benzene rings is 1. The number of fused-ring (bicyclic) bond motifs is 1. The maximum Gasteiger partial charge on any atom is 0.239 e. The Hall–Kier alpha value is -2.14. The van der Waals surface area contributed by atoms with Gasteiger partial charge in [0.2, 0.25) is 5.91 Å². The van der Waals surface area contributed by atoms with Gasteiger partial charge in [-0.2, -0.15) is 0 Å². The zero-order valence-corrected chi connectivity index (χ0v) is 11.4. The average Bonchev–Trinajstić information content (AvgIpc) is 2.95. The standard InChI is InChI=1S/C14H13ClN4O/c15-7-12(20)19-10-3-1-2-9(6-10)13-11-4-5-16-14(11)18-8-17-13/h1-3,6,8H,4-5,7H2,(H,19,20)(H,16,17,18). The Morgan fingerprint density at radius 2 is 2.30 bits per heavy atom. The summed E-state index contributed by atoms with van der Waals surface area (Å²) in [5.74, 6) is 0.612. The zero-order chi connectivity index (χ0) is 13.9. The van der Waals surface area contributed by atoms with Crippen LogP contribution in [0.1, 0.15) is 5.56 Å². The largest absolute Gasteiger partial charge is 0.369 e. The molecule has 1 aliphatic heterocycles. The van der Waals surface area contributed by atoms with Crippen molar-refractivity contribution in [3.05, 3.63) is 36.2 Å². The molecule has 20 heavy (non-hydrogen) atoms. The molecule has 0 fully saturated rings. The number of rotatable bonds is 3. The summed E-state index contributed by atoms with van der Waals surface area (Å²) in [5.41, 5.74) is 3.70. The van der Waals surface area contributed by atoms with Crippen LogP contribution in [0.4, 0.5) is 11.5 Å². The summed E-state index contributed by atoms with van der Waals surface area (Å²) in [6.07, 6.45) is 2.46. The second kappa shape index (κ2) is 5.46. The van der Waals surface area contributed by atoms with Gasteiger partial charge in [0.15, 0.2) is 0 Å². The number of carbonyl (C=O) groups excluding carboxylic acids is 1. The Balaban J connectivity index is 1.97. The Kier molecular flexibility index (Phi) is 3.52. The molecule has 0 bridgehead atoms. The van der Waals surface area contributed by atoms with E-state index in [1.807, 2.05) is 24.3 Å². The minimum Gasteiger partial charge on any atom is -0.369 e. The van der Waals surface area contributed by atoms with Crippen molar-refractivity contribution in [2.45, 2.75) is 6.42 Å². The fourth-order valence-electron chi connectivity index (χ4n) is 2.29. The molecule has 102 valence electrons. The second-order valence-electron chi connectivity index (χ2n) is 4.49. The third-order valence-corrected chi connectivity index (χ3v) is 3.40. The molecule has 2 aromatic rings. The highest BCUT2D eigenvalue weighted by atomic mass is 35.5. The number of halogens is 1. The van der Waals surface area contributed by atoms with Crippen LogP contribution >= 0.6 is 11.6 Å². The van der Waals surface area contributed by atoms with Gasteiger partial charge in [-0.05, 0) is 18.6 Å². The van der Waals surface area contributed by atoms with Gasteiger partial charge in [-0.1, -0.05) is 12.1 Å². The molecule has 1 amide bonds. The fourth-order valence-corrected chi connectivity index (χ4v) is 2.36. The van der Waals surface area contributed by atoms with E-state index < -0.39 is 0 Å². The molecule has 0 saturated carbocycles. The summed E-state index contributed by atoms with van der Waals surface area (Å²) < 4.78 is 0. The van der Waals surface area contributed by atoms with Crippen molar-refractivity contribution < 1.29 is 4.79 Å². The van der Waals surface area contributed by atoms with Gasteiger partial charge in [0.25, 0.3) is 0 Å². The normalized spacial score (nSPS) is 12.7. The van der Waals surface area contributed by atoms with Crippen molar-refractivity contribution in [1.82, 2.24) is 9.97 Å². The van der Waals surface area contributed by atoms with Crippen molar-refractivity contribution in [3.63, 3.8) is 0 Å². The van der Waals surface area contributed by atoms with Crippen LogP contribution in [0.25, 0.3) is 11.3 Å². The maximum absolute atomic E-state index is 11.3. The smallest absolute Gasteiger partial charge is 0.239 e. The molecular weight excluding hydrogens is 276 g/mol. The predicted octanol–water partition coefficient (Wildman–Crippen LogP) is 2.29. The summed E-state index contributed by atoms with van der Waals surface area (Å²) in [6.45, 7) is 0.879. The van der Waals surface area contributed by atoms with E-state index in [1.165, 1.54) is 0 Å². The fraction of sp³-hybridized carbons (Fsp3) is 0.214. The van der Waals surface area contributed by atoms with Gasteiger partial charge in [0, 0.05) is 23.4 Å². The third-order valence-electron chi connectivity index (χ3n) is 3.15.